The van der Waals surface area contributed by atoms with E-state index < -0.39 is 11.9 Å². The van der Waals surface area contributed by atoms with Crippen molar-refractivity contribution in [2.75, 3.05) is 6.61 Å². The minimum absolute atomic E-state index is 0. The molecule has 0 unspecified atom stereocenters. The van der Waals surface area contributed by atoms with Crippen LogP contribution in [0.3, 0.4) is 0 Å². The molecular weight excluding hydrogens is 379 g/mol. The average molecular weight is 395 g/mol. The minimum atomic E-state index is -1.16. The summed E-state index contributed by atoms with van der Waals surface area (Å²) >= 11 is 0. The van der Waals surface area contributed by atoms with E-state index in [1.54, 1.807) is 0 Å². The number of esters is 1. The number of carbonyl (C=O) groups excluding carboxylic acids is 1. The van der Waals surface area contributed by atoms with Crippen LogP contribution in [0.25, 0.3) is 0 Å². The fourth-order valence-corrected chi connectivity index (χ4v) is 0.631. The summed E-state index contributed by atoms with van der Waals surface area (Å²) < 4.78 is 4.74. The Labute approximate surface area is 103 Å². The predicted octanol–water partition coefficient (Wildman–Crippen LogP) is 0.444. The van der Waals surface area contributed by atoms with Crippen LogP contribution in [0, 0.1) is 0 Å². The molecule has 0 saturated heterocycles. The number of rotatable bonds is 6. The summed E-state index contributed by atoms with van der Waals surface area (Å²) in [5.74, 6) is -1.69. The normalized spacial score (nSPS) is 8.64. The Morgan fingerprint density at radius 1 is 1.43 bits per heavy atom. The number of aliphatic carboxylic acids is 1. The molecular formula is C9H16O4Pb. The van der Waals surface area contributed by atoms with Crippen molar-refractivity contribution in [3.8, 4) is 0 Å². The summed E-state index contributed by atoms with van der Waals surface area (Å²) in [7, 11) is 0. The van der Waals surface area contributed by atoms with Crippen molar-refractivity contribution < 1.29 is 19.4 Å². The standard InChI is InChI=1S/C9H14O4.Pb.2H/c1-3-4-5-13-8(10)6-7(2)9(11)12;;;/h2-6H2,1H3,(H,11,12);;;. The second-order valence-corrected chi connectivity index (χ2v) is 2.66. The first-order valence-corrected chi connectivity index (χ1v) is 4.14. The fourth-order valence-electron chi connectivity index (χ4n) is 0.631. The molecule has 0 aliphatic heterocycles. The van der Waals surface area contributed by atoms with Gasteiger partial charge in [-0.1, -0.05) is 19.9 Å². The number of unbranched alkanes of at least 4 members (excludes halogenated alkanes) is 1. The van der Waals surface area contributed by atoms with E-state index in [1.807, 2.05) is 6.92 Å². The van der Waals surface area contributed by atoms with Gasteiger partial charge in [-0.05, 0) is 6.42 Å². The Morgan fingerprint density at radius 3 is 2.43 bits per heavy atom. The number of hydrogen-bond donors (Lipinski definition) is 1. The van der Waals surface area contributed by atoms with Crippen molar-refractivity contribution >= 4 is 39.2 Å². The topological polar surface area (TPSA) is 63.6 Å². The van der Waals surface area contributed by atoms with Crippen LogP contribution in [-0.4, -0.2) is 51.0 Å². The van der Waals surface area contributed by atoms with E-state index in [-0.39, 0.29) is 39.3 Å². The maximum absolute atomic E-state index is 10.9. The molecule has 5 heteroatoms. The van der Waals surface area contributed by atoms with Crippen LogP contribution < -0.4 is 0 Å². The second-order valence-electron chi connectivity index (χ2n) is 2.66. The Bertz CT molecular complexity index is 213. The first-order chi connectivity index (χ1) is 6.07. The van der Waals surface area contributed by atoms with Crippen molar-refractivity contribution in [2.24, 2.45) is 0 Å². The average Bonchev–Trinajstić information content (AvgIpc) is 2.04. The molecule has 0 atom stereocenters. The first-order valence-electron chi connectivity index (χ1n) is 4.14. The van der Waals surface area contributed by atoms with Crippen LogP contribution in [-0.2, 0) is 14.3 Å². The summed E-state index contributed by atoms with van der Waals surface area (Å²) in [5.41, 5.74) is -0.138. The molecule has 80 valence electrons. The Balaban J connectivity index is 0. The Hall–Kier alpha value is -0.398. The maximum atomic E-state index is 10.9. The van der Waals surface area contributed by atoms with E-state index in [0.29, 0.717) is 6.61 Å². The molecule has 2 radical (unpaired) electrons. The summed E-state index contributed by atoms with van der Waals surface area (Å²) in [6.07, 6.45) is 1.50. The van der Waals surface area contributed by atoms with Crippen LogP contribution in [0.2, 0.25) is 0 Å². The molecule has 0 bridgehead atoms. The molecule has 0 heterocycles. The number of ether oxygens (including phenoxy) is 1. The molecule has 0 aromatic rings. The van der Waals surface area contributed by atoms with Crippen molar-refractivity contribution in [2.45, 2.75) is 26.2 Å². The van der Waals surface area contributed by atoms with Gasteiger partial charge in [0.05, 0.1) is 13.0 Å². The van der Waals surface area contributed by atoms with Crippen LogP contribution in [0.1, 0.15) is 26.2 Å². The molecule has 0 spiro atoms. The van der Waals surface area contributed by atoms with Gasteiger partial charge in [-0.3, -0.25) is 4.79 Å². The summed E-state index contributed by atoms with van der Waals surface area (Å²) in [6, 6.07) is 0. The SMILES string of the molecule is C=C(CC(=O)OCCCC)C(=O)O.[PbH2]. The zero-order valence-electron chi connectivity index (χ0n) is 8.41. The zero-order chi connectivity index (χ0) is 10.3. The van der Waals surface area contributed by atoms with E-state index in [0.717, 1.165) is 12.8 Å². The molecule has 14 heavy (non-hydrogen) atoms. The quantitative estimate of drug-likeness (QED) is 0.307. The van der Waals surface area contributed by atoms with Crippen molar-refractivity contribution in [1.82, 2.24) is 0 Å². The molecule has 0 aromatic heterocycles. The molecule has 0 saturated carbocycles. The van der Waals surface area contributed by atoms with Gasteiger partial charge in [-0.15, -0.1) is 0 Å². The van der Waals surface area contributed by atoms with Crippen molar-refractivity contribution in [1.29, 1.82) is 0 Å². The predicted molar refractivity (Wildman–Crippen MR) is 55.8 cm³/mol. The Kier molecular flexibility index (Phi) is 10.5. The molecule has 1 N–H and O–H groups in total. The van der Waals surface area contributed by atoms with E-state index in [2.05, 4.69) is 6.58 Å². The Morgan fingerprint density at radius 2 is 2.00 bits per heavy atom. The number of carbonyl (C=O) groups is 2. The molecule has 0 amide bonds. The molecule has 0 fully saturated rings. The van der Waals surface area contributed by atoms with Gasteiger partial charge in [-0.2, -0.15) is 0 Å². The first kappa shape index (κ1) is 16.0. The summed E-state index contributed by atoms with van der Waals surface area (Å²) in [5, 5.41) is 8.40. The third kappa shape index (κ3) is 8.21. The van der Waals surface area contributed by atoms with Gasteiger partial charge < -0.3 is 9.84 Å². The third-order valence-electron chi connectivity index (χ3n) is 1.42. The van der Waals surface area contributed by atoms with Crippen LogP contribution >= 0.6 is 0 Å². The van der Waals surface area contributed by atoms with E-state index in [9.17, 15) is 9.59 Å². The van der Waals surface area contributed by atoms with Gasteiger partial charge in [-0.25, -0.2) is 4.79 Å². The number of carboxylic acids is 1. The van der Waals surface area contributed by atoms with Gasteiger partial charge in [0.15, 0.2) is 0 Å². The summed E-state index contributed by atoms with van der Waals surface area (Å²) in [6.45, 7) is 5.55. The zero-order valence-corrected chi connectivity index (χ0v) is 13.9. The van der Waals surface area contributed by atoms with E-state index >= 15 is 0 Å². The molecule has 0 aliphatic carbocycles. The van der Waals surface area contributed by atoms with Gasteiger partial charge in [0, 0.05) is 5.57 Å². The van der Waals surface area contributed by atoms with E-state index in [1.165, 1.54) is 0 Å². The van der Waals surface area contributed by atoms with E-state index in [4.69, 9.17) is 9.84 Å². The van der Waals surface area contributed by atoms with Gasteiger partial charge in [0.2, 0.25) is 0 Å². The summed E-state index contributed by atoms with van der Waals surface area (Å²) in [4.78, 5) is 21.1. The second kappa shape index (κ2) is 9.17. The number of carboxylic acid groups (broad SMARTS) is 1. The van der Waals surface area contributed by atoms with Gasteiger partial charge in [0.1, 0.15) is 0 Å². The van der Waals surface area contributed by atoms with Crippen molar-refractivity contribution in [3.63, 3.8) is 0 Å². The van der Waals surface area contributed by atoms with Crippen molar-refractivity contribution in [3.05, 3.63) is 12.2 Å². The fraction of sp³-hybridized carbons (Fsp3) is 0.556. The monoisotopic (exact) mass is 396 g/mol. The molecule has 0 aliphatic rings. The van der Waals surface area contributed by atoms with Gasteiger partial charge in [0.25, 0.3) is 0 Å². The van der Waals surface area contributed by atoms with Gasteiger partial charge >= 0.3 is 39.2 Å². The van der Waals surface area contributed by atoms with Crippen LogP contribution in [0.15, 0.2) is 12.2 Å². The molecule has 4 nitrogen and oxygen atoms in total. The number of hydrogen-bond acceptors (Lipinski definition) is 3. The van der Waals surface area contributed by atoms with Crippen LogP contribution in [0.4, 0.5) is 0 Å². The van der Waals surface area contributed by atoms with Crippen LogP contribution in [0.5, 0.6) is 0 Å². The third-order valence-corrected chi connectivity index (χ3v) is 1.42. The molecule has 0 aromatic carbocycles. The molecule has 0 rings (SSSR count).